The first-order chi connectivity index (χ1) is 8.66. The highest BCUT2D eigenvalue weighted by Crippen LogP contribution is 2.34. The van der Waals surface area contributed by atoms with Gasteiger partial charge in [-0.2, -0.15) is 0 Å². The Bertz CT molecular complexity index is 496. The monoisotopic (exact) mass is 329 g/mol. The van der Waals surface area contributed by atoms with Crippen LogP contribution in [0, 0.1) is 5.92 Å². The minimum atomic E-state index is 0.100. The Hall–Kier alpha value is -0.810. The van der Waals surface area contributed by atoms with Crippen molar-refractivity contribution in [1.29, 1.82) is 0 Å². The van der Waals surface area contributed by atoms with Gasteiger partial charge in [-0.15, -0.1) is 0 Å². The van der Waals surface area contributed by atoms with E-state index < -0.39 is 0 Å². The van der Waals surface area contributed by atoms with Crippen LogP contribution in [0.2, 0.25) is 5.02 Å². The number of hydrogen-bond donors (Lipinski definition) is 1. The fourth-order valence-corrected chi connectivity index (χ4v) is 3.70. The molecular formula is C12H13BrClN3O. The predicted molar refractivity (Wildman–Crippen MR) is 73.8 cm³/mol. The topological polar surface area (TPSA) is 45.2 Å². The molecule has 0 aliphatic carbocycles. The van der Waals surface area contributed by atoms with Crippen LogP contribution in [-0.4, -0.2) is 30.0 Å². The first kappa shape index (κ1) is 12.2. The quantitative estimate of drug-likeness (QED) is 0.859. The number of fused-ring (bicyclic) bond motifs is 1. The summed E-state index contributed by atoms with van der Waals surface area (Å²) >= 11 is 9.41. The third-order valence-corrected chi connectivity index (χ3v) is 4.45. The zero-order valence-electron chi connectivity index (χ0n) is 9.70. The maximum absolute atomic E-state index is 11.7. The number of pyridine rings is 1. The number of carbonyl (C=O) groups excluding carboxylic acids is 1. The third kappa shape index (κ3) is 1.99. The van der Waals surface area contributed by atoms with Gasteiger partial charge in [-0.1, -0.05) is 11.6 Å². The van der Waals surface area contributed by atoms with Gasteiger partial charge >= 0.3 is 0 Å². The van der Waals surface area contributed by atoms with Crippen molar-refractivity contribution in [2.75, 3.05) is 18.0 Å². The Balaban J connectivity index is 1.93. The highest BCUT2D eigenvalue weighted by Gasteiger charge is 2.41. The molecule has 0 bridgehead atoms. The van der Waals surface area contributed by atoms with E-state index in [2.05, 4.69) is 31.1 Å². The van der Waals surface area contributed by atoms with E-state index in [-0.39, 0.29) is 17.9 Å². The molecule has 2 fully saturated rings. The fraction of sp³-hybridized carbons (Fsp3) is 0.500. The van der Waals surface area contributed by atoms with Crippen LogP contribution in [0.15, 0.2) is 16.7 Å². The van der Waals surface area contributed by atoms with E-state index in [0.717, 1.165) is 29.7 Å². The summed E-state index contributed by atoms with van der Waals surface area (Å²) in [6.07, 6.45) is 3.64. The van der Waals surface area contributed by atoms with Crippen LogP contribution in [-0.2, 0) is 4.79 Å². The first-order valence-corrected chi connectivity index (χ1v) is 7.19. The molecule has 0 radical (unpaired) electrons. The Kier molecular flexibility index (Phi) is 3.20. The SMILES string of the molecule is O=C1NC[C@@H]2[C@H]1CCCN2c1ncc(Cl)cc1Br. The van der Waals surface area contributed by atoms with Crippen molar-refractivity contribution < 1.29 is 4.79 Å². The van der Waals surface area contributed by atoms with E-state index in [4.69, 9.17) is 11.6 Å². The summed E-state index contributed by atoms with van der Waals surface area (Å²) in [5.74, 6) is 1.16. The molecule has 2 aliphatic heterocycles. The lowest BCUT2D eigenvalue weighted by molar-refractivity contribution is -0.122. The minimum absolute atomic E-state index is 0.100. The fourth-order valence-electron chi connectivity index (χ4n) is 2.83. The molecule has 18 heavy (non-hydrogen) atoms. The molecule has 1 aromatic rings. The molecule has 0 aromatic carbocycles. The van der Waals surface area contributed by atoms with E-state index in [1.807, 2.05) is 6.07 Å². The van der Waals surface area contributed by atoms with Gasteiger partial charge < -0.3 is 10.2 Å². The number of nitrogens with zero attached hydrogens (tertiary/aromatic N) is 2. The number of rotatable bonds is 1. The van der Waals surface area contributed by atoms with E-state index in [1.165, 1.54) is 0 Å². The van der Waals surface area contributed by atoms with Gasteiger partial charge in [0.25, 0.3) is 0 Å². The summed E-state index contributed by atoms with van der Waals surface area (Å²) < 4.78 is 0.884. The van der Waals surface area contributed by atoms with Crippen molar-refractivity contribution in [3.8, 4) is 0 Å². The maximum atomic E-state index is 11.7. The van der Waals surface area contributed by atoms with Gasteiger partial charge in [-0.05, 0) is 34.8 Å². The Labute approximate surface area is 119 Å². The van der Waals surface area contributed by atoms with Gasteiger partial charge in [0.05, 0.1) is 21.5 Å². The normalized spacial score (nSPS) is 27.0. The highest BCUT2D eigenvalue weighted by atomic mass is 79.9. The van der Waals surface area contributed by atoms with Gasteiger partial charge in [0.15, 0.2) is 0 Å². The smallest absolute Gasteiger partial charge is 0.225 e. The molecular weight excluding hydrogens is 318 g/mol. The van der Waals surface area contributed by atoms with Crippen LogP contribution in [0.1, 0.15) is 12.8 Å². The Morgan fingerprint density at radius 2 is 2.39 bits per heavy atom. The third-order valence-electron chi connectivity index (χ3n) is 3.66. The van der Waals surface area contributed by atoms with Crippen molar-refractivity contribution in [2.24, 2.45) is 5.92 Å². The lowest BCUT2D eigenvalue weighted by Gasteiger charge is -2.37. The lowest BCUT2D eigenvalue weighted by Crippen LogP contribution is -2.46. The average molecular weight is 331 g/mol. The minimum Gasteiger partial charge on any atom is -0.354 e. The van der Waals surface area contributed by atoms with Crippen LogP contribution < -0.4 is 10.2 Å². The second kappa shape index (κ2) is 4.70. The molecule has 2 saturated heterocycles. The number of anilines is 1. The first-order valence-electron chi connectivity index (χ1n) is 6.02. The molecule has 2 atom stereocenters. The van der Waals surface area contributed by atoms with Gasteiger partial charge in [-0.25, -0.2) is 4.98 Å². The highest BCUT2D eigenvalue weighted by molar-refractivity contribution is 9.10. The van der Waals surface area contributed by atoms with E-state index in [9.17, 15) is 4.79 Å². The number of nitrogens with one attached hydrogen (secondary N) is 1. The van der Waals surface area contributed by atoms with Crippen LogP contribution in [0.3, 0.4) is 0 Å². The molecule has 0 unspecified atom stereocenters. The summed E-state index contributed by atoms with van der Waals surface area (Å²) in [4.78, 5) is 18.3. The number of amides is 1. The molecule has 6 heteroatoms. The molecule has 3 rings (SSSR count). The zero-order valence-corrected chi connectivity index (χ0v) is 12.0. The summed E-state index contributed by atoms with van der Waals surface area (Å²) in [6.45, 7) is 1.64. The molecule has 1 aromatic heterocycles. The summed E-state index contributed by atoms with van der Waals surface area (Å²) in [7, 11) is 0. The number of piperidine rings is 1. The van der Waals surface area contributed by atoms with Crippen LogP contribution in [0.25, 0.3) is 0 Å². The van der Waals surface area contributed by atoms with Gasteiger partial charge in [0.2, 0.25) is 5.91 Å². The molecule has 96 valence electrons. The Morgan fingerprint density at radius 1 is 1.56 bits per heavy atom. The van der Waals surface area contributed by atoms with E-state index >= 15 is 0 Å². The number of aromatic nitrogens is 1. The molecule has 1 amide bonds. The van der Waals surface area contributed by atoms with E-state index in [1.54, 1.807) is 6.20 Å². The van der Waals surface area contributed by atoms with Gasteiger partial charge in [-0.3, -0.25) is 4.79 Å². The number of carbonyl (C=O) groups is 1. The average Bonchev–Trinajstić information content (AvgIpc) is 2.72. The molecule has 0 spiro atoms. The summed E-state index contributed by atoms with van der Waals surface area (Å²) in [5, 5.41) is 3.55. The van der Waals surface area contributed by atoms with Crippen LogP contribution in [0.4, 0.5) is 5.82 Å². The van der Waals surface area contributed by atoms with Gasteiger partial charge in [0.1, 0.15) is 5.82 Å². The van der Waals surface area contributed by atoms with Gasteiger partial charge in [0, 0.05) is 19.3 Å². The largest absolute Gasteiger partial charge is 0.354 e. The molecule has 1 N–H and O–H groups in total. The maximum Gasteiger partial charge on any atom is 0.225 e. The van der Waals surface area contributed by atoms with Crippen molar-refractivity contribution in [3.05, 3.63) is 21.8 Å². The molecule has 3 heterocycles. The van der Waals surface area contributed by atoms with Crippen molar-refractivity contribution >= 4 is 39.3 Å². The number of hydrogen-bond acceptors (Lipinski definition) is 3. The van der Waals surface area contributed by atoms with E-state index in [0.29, 0.717) is 11.6 Å². The number of halogens is 2. The standard InChI is InChI=1S/C12H13BrClN3O/c13-9-4-7(14)5-15-11(9)17-3-1-2-8-10(17)6-16-12(8)18/h4-5,8,10H,1-3,6H2,(H,16,18)/t8-,10-/m1/s1. The van der Waals surface area contributed by atoms with Crippen molar-refractivity contribution in [1.82, 2.24) is 10.3 Å². The lowest BCUT2D eigenvalue weighted by atomic mass is 9.91. The Morgan fingerprint density at radius 3 is 3.17 bits per heavy atom. The van der Waals surface area contributed by atoms with Crippen LogP contribution >= 0.6 is 27.5 Å². The second-order valence-electron chi connectivity index (χ2n) is 4.71. The molecule has 2 aliphatic rings. The summed E-state index contributed by atoms with van der Waals surface area (Å²) in [6, 6.07) is 2.06. The van der Waals surface area contributed by atoms with Crippen molar-refractivity contribution in [2.45, 2.75) is 18.9 Å². The molecule has 4 nitrogen and oxygen atoms in total. The molecule has 0 saturated carbocycles. The van der Waals surface area contributed by atoms with Crippen molar-refractivity contribution in [3.63, 3.8) is 0 Å². The summed E-state index contributed by atoms with van der Waals surface area (Å²) in [5.41, 5.74) is 0. The van der Waals surface area contributed by atoms with Crippen LogP contribution in [0.5, 0.6) is 0 Å². The zero-order chi connectivity index (χ0) is 12.7. The predicted octanol–water partition coefficient (Wildman–Crippen LogP) is 2.21. The second-order valence-corrected chi connectivity index (χ2v) is 6.00.